The maximum atomic E-state index is 13.4. The third-order valence-electron chi connectivity index (χ3n) is 3.05. The van der Waals surface area contributed by atoms with Gasteiger partial charge in [-0.3, -0.25) is 9.59 Å². The van der Waals surface area contributed by atoms with Gasteiger partial charge in [0.25, 0.3) is 0 Å². The summed E-state index contributed by atoms with van der Waals surface area (Å²) >= 11 is 0. The van der Waals surface area contributed by atoms with Crippen LogP contribution in [0, 0.1) is 11.6 Å². The maximum absolute atomic E-state index is 13.4. The number of anilines is 2. The van der Waals surface area contributed by atoms with Crippen molar-refractivity contribution >= 4 is 23.2 Å². The van der Waals surface area contributed by atoms with Crippen molar-refractivity contribution in [2.45, 2.75) is 13.3 Å². The van der Waals surface area contributed by atoms with Crippen molar-refractivity contribution in [1.82, 2.24) is 0 Å². The molecule has 2 N–H and O–H groups in total. The van der Waals surface area contributed by atoms with Crippen LogP contribution >= 0.6 is 0 Å². The first-order valence-electron chi connectivity index (χ1n) is 6.67. The van der Waals surface area contributed by atoms with E-state index in [9.17, 15) is 18.4 Å². The smallest absolute Gasteiger partial charge is 0.314 e. The third-order valence-corrected chi connectivity index (χ3v) is 3.05. The zero-order chi connectivity index (χ0) is 16.1. The summed E-state index contributed by atoms with van der Waals surface area (Å²) in [6, 6.07) is 10.1. The van der Waals surface area contributed by atoms with Crippen LogP contribution in [0.3, 0.4) is 0 Å². The standard InChI is InChI=1S/C16H14F2N2O2/c1-2-10-6-3-4-9-13(10)19-15(21)16(22)20-14-11(17)7-5-8-12(14)18/h3-9H,2H2,1H3,(H,19,21)(H,20,22). The van der Waals surface area contributed by atoms with E-state index in [0.29, 0.717) is 12.1 Å². The monoisotopic (exact) mass is 304 g/mol. The number of carbonyl (C=O) groups excluding carboxylic acids is 2. The molecule has 0 aliphatic heterocycles. The van der Waals surface area contributed by atoms with Gasteiger partial charge in [-0.2, -0.15) is 0 Å². The fraction of sp³-hybridized carbons (Fsp3) is 0.125. The zero-order valence-electron chi connectivity index (χ0n) is 11.8. The van der Waals surface area contributed by atoms with E-state index in [0.717, 1.165) is 23.8 Å². The quantitative estimate of drug-likeness (QED) is 0.856. The van der Waals surface area contributed by atoms with Crippen molar-refractivity contribution in [2.75, 3.05) is 10.6 Å². The van der Waals surface area contributed by atoms with E-state index in [1.165, 1.54) is 0 Å². The van der Waals surface area contributed by atoms with Gasteiger partial charge in [0.1, 0.15) is 17.3 Å². The summed E-state index contributed by atoms with van der Waals surface area (Å²) in [6.07, 6.45) is 0.667. The lowest BCUT2D eigenvalue weighted by Gasteiger charge is -2.10. The Hall–Kier alpha value is -2.76. The molecule has 0 spiro atoms. The highest BCUT2D eigenvalue weighted by atomic mass is 19.1. The molecule has 0 heterocycles. The molecule has 22 heavy (non-hydrogen) atoms. The van der Waals surface area contributed by atoms with Gasteiger partial charge in [-0.05, 0) is 30.2 Å². The highest BCUT2D eigenvalue weighted by Crippen LogP contribution is 2.19. The van der Waals surface area contributed by atoms with Gasteiger partial charge in [0.15, 0.2) is 0 Å². The molecular weight excluding hydrogens is 290 g/mol. The number of hydrogen-bond acceptors (Lipinski definition) is 2. The number of aryl methyl sites for hydroxylation is 1. The van der Waals surface area contributed by atoms with Crippen LogP contribution in [0.1, 0.15) is 12.5 Å². The van der Waals surface area contributed by atoms with Gasteiger partial charge in [0, 0.05) is 5.69 Å². The summed E-state index contributed by atoms with van der Waals surface area (Å²) in [6.45, 7) is 1.90. The average Bonchev–Trinajstić information content (AvgIpc) is 2.51. The summed E-state index contributed by atoms with van der Waals surface area (Å²) in [5.74, 6) is -4.04. The molecule has 0 aromatic heterocycles. The largest absolute Gasteiger partial charge is 0.318 e. The van der Waals surface area contributed by atoms with Crippen molar-refractivity contribution in [3.63, 3.8) is 0 Å². The van der Waals surface area contributed by atoms with Crippen molar-refractivity contribution < 1.29 is 18.4 Å². The van der Waals surface area contributed by atoms with Crippen LogP contribution in [0.2, 0.25) is 0 Å². The van der Waals surface area contributed by atoms with Crippen LogP contribution in [0.15, 0.2) is 42.5 Å². The van der Waals surface area contributed by atoms with Crippen molar-refractivity contribution in [1.29, 1.82) is 0 Å². The lowest BCUT2D eigenvalue weighted by atomic mass is 10.1. The molecule has 114 valence electrons. The maximum Gasteiger partial charge on any atom is 0.314 e. The Morgan fingerprint density at radius 3 is 2.14 bits per heavy atom. The number of benzene rings is 2. The Kier molecular flexibility index (Phi) is 4.83. The average molecular weight is 304 g/mol. The van der Waals surface area contributed by atoms with Gasteiger partial charge < -0.3 is 10.6 Å². The van der Waals surface area contributed by atoms with Crippen LogP contribution in [0.25, 0.3) is 0 Å². The van der Waals surface area contributed by atoms with Crippen LogP contribution < -0.4 is 10.6 Å². The molecule has 2 aromatic rings. The minimum Gasteiger partial charge on any atom is -0.318 e. The normalized spacial score (nSPS) is 10.1. The summed E-state index contributed by atoms with van der Waals surface area (Å²) in [5.41, 5.74) is 0.686. The Morgan fingerprint density at radius 2 is 1.50 bits per heavy atom. The molecule has 2 aromatic carbocycles. The lowest BCUT2D eigenvalue weighted by molar-refractivity contribution is -0.133. The van der Waals surface area contributed by atoms with E-state index in [1.807, 2.05) is 24.4 Å². The summed E-state index contributed by atoms with van der Waals surface area (Å²) in [4.78, 5) is 23.6. The van der Waals surface area contributed by atoms with Crippen molar-refractivity contribution in [3.8, 4) is 0 Å². The second kappa shape index (κ2) is 6.80. The number of halogens is 2. The first-order chi connectivity index (χ1) is 10.5. The molecule has 2 amide bonds. The zero-order valence-corrected chi connectivity index (χ0v) is 11.8. The van der Waals surface area contributed by atoms with Crippen LogP contribution in [-0.4, -0.2) is 11.8 Å². The van der Waals surface area contributed by atoms with Gasteiger partial charge in [-0.15, -0.1) is 0 Å². The fourth-order valence-corrected chi connectivity index (χ4v) is 1.92. The number of hydrogen-bond donors (Lipinski definition) is 2. The molecule has 4 nitrogen and oxygen atoms in total. The summed E-state index contributed by atoms with van der Waals surface area (Å²) < 4.78 is 26.9. The Bertz CT molecular complexity index is 697. The third kappa shape index (κ3) is 3.46. The molecule has 0 radical (unpaired) electrons. The minimum absolute atomic E-state index is 0.485. The molecule has 6 heteroatoms. The van der Waals surface area contributed by atoms with E-state index in [2.05, 4.69) is 5.32 Å². The van der Waals surface area contributed by atoms with Gasteiger partial charge in [0.2, 0.25) is 0 Å². The predicted octanol–water partition coefficient (Wildman–Crippen LogP) is 3.10. The first kappa shape index (κ1) is 15.6. The molecule has 0 atom stereocenters. The molecule has 2 rings (SSSR count). The summed E-state index contributed by atoms with van der Waals surface area (Å²) in [7, 11) is 0. The minimum atomic E-state index is -1.14. The number of nitrogens with one attached hydrogen (secondary N) is 2. The van der Waals surface area contributed by atoms with E-state index in [1.54, 1.807) is 12.1 Å². The number of amides is 2. The predicted molar refractivity (Wildman–Crippen MR) is 79.4 cm³/mol. The van der Waals surface area contributed by atoms with Crippen molar-refractivity contribution in [2.24, 2.45) is 0 Å². The van der Waals surface area contributed by atoms with Gasteiger partial charge in [0.05, 0.1) is 0 Å². The fourth-order valence-electron chi connectivity index (χ4n) is 1.92. The highest BCUT2D eigenvalue weighted by Gasteiger charge is 2.18. The molecule has 0 saturated heterocycles. The molecule has 0 aliphatic carbocycles. The van der Waals surface area contributed by atoms with Crippen LogP contribution in [0.4, 0.5) is 20.2 Å². The second-order valence-electron chi connectivity index (χ2n) is 4.52. The molecular formula is C16H14F2N2O2. The Morgan fingerprint density at radius 1 is 0.909 bits per heavy atom. The first-order valence-corrected chi connectivity index (χ1v) is 6.67. The van der Waals surface area contributed by atoms with Crippen molar-refractivity contribution in [3.05, 3.63) is 59.7 Å². The second-order valence-corrected chi connectivity index (χ2v) is 4.52. The van der Waals surface area contributed by atoms with Crippen LogP contribution in [0.5, 0.6) is 0 Å². The van der Waals surface area contributed by atoms with Gasteiger partial charge in [-0.25, -0.2) is 8.78 Å². The molecule has 0 fully saturated rings. The highest BCUT2D eigenvalue weighted by molar-refractivity contribution is 6.43. The molecule has 0 aliphatic rings. The van der Waals surface area contributed by atoms with Gasteiger partial charge >= 0.3 is 11.8 Å². The number of rotatable bonds is 3. The Labute approximate surface area is 126 Å². The van der Waals surface area contributed by atoms with E-state index in [-0.39, 0.29) is 0 Å². The van der Waals surface area contributed by atoms with E-state index in [4.69, 9.17) is 0 Å². The number of carbonyl (C=O) groups is 2. The number of para-hydroxylation sites is 2. The van der Waals surface area contributed by atoms with Gasteiger partial charge in [-0.1, -0.05) is 31.2 Å². The molecule has 0 bridgehead atoms. The Balaban J connectivity index is 2.12. The molecule has 0 saturated carbocycles. The topological polar surface area (TPSA) is 58.2 Å². The van der Waals surface area contributed by atoms with Crippen LogP contribution in [-0.2, 0) is 16.0 Å². The lowest BCUT2D eigenvalue weighted by Crippen LogP contribution is -2.30. The van der Waals surface area contributed by atoms with E-state index >= 15 is 0 Å². The van der Waals surface area contributed by atoms with E-state index < -0.39 is 29.1 Å². The summed E-state index contributed by atoms with van der Waals surface area (Å²) in [5, 5.41) is 4.36. The molecule has 0 unspecified atom stereocenters. The SMILES string of the molecule is CCc1ccccc1NC(=O)C(=O)Nc1c(F)cccc1F.